The zero-order chi connectivity index (χ0) is 11.4. The molecule has 1 aliphatic heterocycles. The van der Waals surface area contributed by atoms with Crippen LogP contribution in [0.2, 0.25) is 0 Å². The van der Waals surface area contributed by atoms with Crippen LogP contribution in [0.5, 0.6) is 0 Å². The Labute approximate surface area is 95.5 Å². The maximum atomic E-state index is 11.4. The third kappa shape index (κ3) is 2.70. The molecule has 1 saturated heterocycles. The zero-order valence-electron chi connectivity index (χ0n) is 9.75. The lowest BCUT2D eigenvalue weighted by atomic mass is 9.99. The normalized spacial score (nSPS) is 20.9. The van der Waals surface area contributed by atoms with Crippen molar-refractivity contribution in [2.75, 3.05) is 6.54 Å². The highest BCUT2D eigenvalue weighted by Gasteiger charge is 2.13. The lowest BCUT2D eigenvalue weighted by molar-refractivity contribution is 0.381. The summed E-state index contributed by atoms with van der Waals surface area (Å²) in [6.07, 6.45) is 7.34. The summed E-state index contributed by atoms with van der Waals surface area (Å²) in [5.74, 6) is 0. The quantitative estimate of drug-likeness (QED) is 0.805. The molecule has 2 N–H and O–H groups in total. The Balaban J connectivity index is 1.93. The van der Waals surface area contributed by atoms with Gasteiger partial charge < -0.3 is 10.3 Å². The summed E-state index contributed by atoms with van der Waals surface area (Å²) in [5, 5.41) is 3.51. The van der Waals surface area contributed by atoms with Crippen LogP contribution < -0.4 is 10.9 Å². The summed E-state index contributed by atoms with van der Waals surface area (Å²) in [4.78, 5) is 18.2. The van der Waals surface area contributed by atoms with Gasteiger partial charge in [-0.2, -0.15) is 0 Å². The average Bonchev–Trinajstić information content (AvgIpc) is 2.32. The van der Waals surface area contributed by atoms with Crippen LogP contribution in [0.1, 0.15) is 36.9 Å². The molecular weight excluding hydrogens is 202 g/mol. The number of nitrogens with zero attached hydrogens (tertiary/aromatic N) is 1. The number of aromatic nitrogens is 2. The number of piperidine rings is 1. The first-order valence-corrected chi connectivity index (χ1v) is 6.04. The first-order valence-electron chi connectivity index (χ1n) is 6.04. The predicted octanol–water partition coefficient (Wildman–Crippen LogP) is 1.15. The van der Waals surface area contributed by atoms with Crippen molar-refractivity contribution in [1.82, 2.24) is 15.3 Å². The Morgan fingerprint density at radius 3 is 3.12 bits per heavy atom. The SMILES string of the molecule is Cc1c(CCC2CCCCN2)nc[nH]c1=O. The van der Waals surface area contributed by atoms with E-state index in [1.165, 1.54) is 25.6 Å². The number of aromatic amines is 1. The molecule has 0 aliphatic carbocycles. The van der Waals surface area contributed by atoms with Gasteiger partial charge in [0.1, 0.15) is 0 Å². The van der Waals surface area contributed by atoms with Crippen LogP contribution in [-0.4, -0.2) is 22.6 Å². The van der Waals surface area contributed by atoms with E-state index >= 15 is 0 Å². The van der Waals surface area contributed by atoms with E-state index in [-0.39, 0.29) is 5.56 Å². The molecule has 0 bridgehead atoms. The molecule has 0 radical (unpaired) electrons. The number of nitrogens with one attached hydrogen (secondary N) is 2. The molecule has 1 unspecified atom stereocenters. The van der Waals surface area contributed by atoms with Crippen LogP contribution in [0.3, 0.4) is 0 Å². The molecule has 1 atom stereocenters. The van der Waals surface area contributed by atoms with Crippen molar-refractivity contribution >= 4 is 0 Å². The molecule has 4 heteroatoms. The minimum absolute atomic E-state index is 0.0124. The molecule has 2 heterocycles. The third-order valence-electron chi connectivity index (χ3n) is 3.33. The van der Waals surface area contributed by atoms with E-state index in [4.69, 9.17) is 0 Å². The van der Waals surface area contributed by atoms with Gasteiger partial charge in [-0.1, -0.05) is 6.42 Å². The summed E-state index contributed by atoms with van der Waals surface area (Å²) < 4.78 is 0. The molecule has 16 heavy (non-hydrogen) atoms. The molecular formula is C12H19N3O. The van der Waals surface area contributed by atoms with Gasteiger partial charge in [-0.05, 0) is 39.2 Å². The second-order valence-corrected chi connectivity index (χ2v) is 4.49. The number of hydrogen-bond acceptors (Lipinski definition) is 3. The fraction of sp³-hybridized carbons (Fsp3) is 0.667. The van der Waals surface area contributed by atoms with Gasteiger partial charge in [0, 0.05) is 11.6 Å². The van der Waals surface area contributed by atoms with Crippen LogP contribution in [0.15, 0.2) is 11.1 Å². The Kier molecular flexibility index (Phi) is 3.72. The second kappa shape index (κ2) is 5.25. The summed E-state index contributed by atoms with van der Waals surface area (Å²) in [7, 11) is 0. The van der Waals surface area contributed by atoms with E-state index in [1.54, 1.807) is 0 Å². The van der Waals surface area contributed by atoms with Crippen molar-refractivity contribution in [2.45, 2.75) is 45.1 Å². The van der Waals surface area contributed by atoms with E-state index in [9.17, 15) is 4.79 Å². The maximum Gasteiger partial charge on any atom is 0.253 e. The van der Waals surface area contributed by atoms with Crippen molar-refractivity contribution in [2.24, 2.45) is 0 Å². The second-order valence-electron chi connectivity index (χ2n) is 4.49. The van der Waals surface area contributed by atoms with Gasteiger partial charge in [-0.3, -0.25) is 4.79 Å². The van der Waals surface area contributed by atoms with Gasteiger partial charge in [0.25, 0.3) is 5.56 Å². The number of hydrogen-bond donors (Lipinski definition) is 2. The van der Waals surface area contributed by atoms with Crippen molar-refractivity contribution in [3.05, 3.63) is 27.9 Å². The summed E-state index contributed by atoms with van der Waals surface area (Å²) >= 11 is 0. The standard InChI is InChI=1S/C12H19N3O/c1-9-11(14-8-15-12(9)16)6-5-10-4-2-3-7-13-10/h8,10,13H,2-7H2,1H3,(H,14,15,16). The molecule has 1 aromatic heterocycles. The van der Waals surface area contributed by atoms with Gasteiger partial charge in [0.15, 0.2) is 0 Å². The van der Waals surface area contributed by atoms with Crippen molar-refractivity contribution in [1.29, 1.82) is 0 Å². The largest absolute Gasteiger partial charge is 0.314 e. The Bertz CT molecular complexity index is 393. The van der Waals surface area contributed by atoms with Crippen LogP contribution >= 0.6 is 0 Å². The molecule has 0 aromatic carbocycles. The van der Waals surface area contributed by atoms with Gasteiger partial charge >= 0.3 is 0 Å². The van der Waals surface area contributed by atoms with Crippen LogP contribution in [0.25, 0.3) is 0 Å². The molecule has 4 nitrogen and oxygen atoms in total. The minimum atomic E-state index is -0.0124. The first-order chi connectivity index (χ1) is 7.77. The summed E-state index contributed by atoms with van der Waals surface area (Å²) in [6, 6.07) is 0.606. The third-order valence-corrected chi connectivity index (χ3v) is 3.33. The zero-order valence-corrected chi connectivity index (χ0v) is 9.75. The van der Waals surface area contributed by atoms with Gasteiger partial charge in [0.2, 0.25) is 0 Å². The van der Waals surface area contributed by atoms with Crippen LogP contribution in [0.4, 0.5) is 0 Å². The van der Waals surface area contributed by atoms with Crippen molar-refractivity contribution in [3.63, 3.8) is 0 Å². The molecule has 2 rings (SSSR count). The molecule has 1 fully saturated rings. The number of H-pyrrole nitrogens is 1. The topological polar surface area (TPSA) is 57.8 Å². The highest BCUT2D eigenvalue weighted by atomic mass is 16.1. The number of aryl methyl sites for hydroxylation is 1. The molecule has 88 valence electrons. The Morgan fingerprint density at radius 2 is 2.38 bits per heavy atom. The smallest absolute Gasteiger partial charge is 0.253 e. The van der Waals surface area contributed by atoms with Gasteiger partial charge in [0.05, 0.1) is 12.0 Å². The minimum Gasteiger partial charge on any atom is -0.314 e. The lowest BCUT2D eigenvalue weighted by Crippen LogP contribution is -2.34. The van der Waals surface area contributed by atoms with Crippen molar-refractivity contribution in [3.8, 4) is 0 Å². The summed E-state index contributed by atoms with van der Waals surface area (Å²) in [5.41, 5.74) is 1.69. The van der Waals surface area contributed by atoms with Crippen LogP contribution in [-0.2, 0) is 6.42 Å². The molecule has 0 amide bonds. The molecule has 0 saturated carbocycles. The monoisotopic (exact) mass is 221 g/mol. The van der Waals surface area contributed by atoms with Gasteiger partial charge in [-0.15, -0.1) is 0 Å². The molecule has 1 aliphatic rings. The van der Waals surface area contributed by atoms with E-state index in [0.29, 0.717) is 6.04 Å². The van der Waals surface area contributed by atoms with Crippen molar-refractivity contribution < 1.29 is 0 Å². The fourth-order valence-electron chi connectivity index (χ4n) is 2.24. The molecule has 0 spiro atoms. The van der Waals surface area contributed by atoms with E-state index < -0.39 is 0 Å². The number of rotatable bonds is 3. The van der Waals surface area contributed by atoms with Gasteiger partial charge in [-0.25, -0.2) is 4.98 Å². The Morgan fingerprint density at radius 1 is 1.50 bits per heavy atom. The Hall–Kier alpha value is -1.16. The van der Waals surface area contributed by atoms with Crippen LogP contribution in [0, 0.1) is 6.92 Å². The van der Waals surface area contributed by atoms with E-state index in [1.807, 2.05) is 6.92 Å². The maximum absolute atomic E-state index is 11.4. The first kappa shape index (κ1) is 11.3. The van der Waals surface area contributed by atoms with E-state index in [0.717, 1.165) is 30.6 Å². The predicted molar refractivity (Wildman–Crippen MR) is 63.6 cm³/mol. The molecule has 1 aromatic rings. The highest BCUT2D eigenvalue weighted by molar-refractivity contribution is 5.14. The fourth-order valence-corrected chi connectivity index (χ4v) is 2.24. The van der Waals surface area contributed by atoms with E-state index in [2.05, 4.69) is 15.3 Å². The highest BCUT2D eigenvalue weighted by Crippen LogP contribution is 2.12. The summed E-state index contributed by atoms with van der Waals surface area (Å²) in [6.45, 7) is 2.97. The lowest BCUT2D eigenvalue weighted by Gasteiger charge is -2.23. The average molecular weight is 221 g/mol.